The van der Waals surface area contributed by atoms with Gasteiger partial charge in [0.2, 0.25) is 0 Å². The van der Waals surface area contributed by atoms with Crippen molar-refractivity contribution >= 4 is 13.1 Å². The molecule has 1 heterocycles. The van der Waals surface area contributed by atoms with Gasteiger partial charge in [-0.1, -0.05) is 11.6 Å². The third-order valence-electron chi connectivity index (χ3n) is 4.35. The molecule has 2 rings (SSSR count). The van der Waals surface area contributed by atoms with Gasteiger partial charge in [-0.25, -0.2) is 4.79 Å². The number of carbonyl (C=O) groups is 1. The van der Waals surface area contributed by atoms with Crippen LogP contribution in [-0.2, 0) is 22.3 Å². The molecule has 1 aliphatic heterocycles. The number of rotatable bonds is 6. The van der Waals surface area contributed by atoms with Gasteiger partial charge in [-0.05, 0) is 45.6 Å². The minimum atomic E-state index is -2.04. The Morgan fingerprint density at radius 2 is 2.08 bits per heavy atom. The Hall–Kier alpha value is -1.74. The highest BCUT2D eigenvalue weighted by atomic mass is 31.2. The van der Waals surface area contributed by atoms with E-state index in [4.69, 9.17) is 9.47 Å². The van der Waals surface area contributed by atoms with Crippen LogP contribution >= 0.6 is 7.14 Å². The van der Waals surface area contributed by atoms with Gasteiger partial charge in [0.25, 0.3) is 0 Å². The second kappa shape index (κ2) is 7.02. The highest BCUT2D eigenvalue weighted by molar-refractivity contribution is 7.62. The van der Waals surface area contributed by atoms with Crippen LogP contribution in [0, 0.1) is 6.92 Å². The van der Waals surface area contributed by atoms with Crippen molar-refractivity contribution < 1.29 is 23.9 Å². The lowest BCUT2D eigenvalue weighted by Gasteiger charge is -2.16. The molecule has 0 atom stereocenters. The Morgan fingerprint density at radius 1 is 1.42 bits per heavy atom. The van der Waals surface area contributed by atoms with Crippen molar-refractivity contribution in [2.24, 2.45) is 0 Å². The van der Waals surface area contributed by atoms with Crippen LogP contribution in [0.4, 0.5) is 0 Å². The lowest BCUT2D eigenvalue weighted by Crippen LogP contribution is -2.03. The van der Waals surface area contributed by atoms with Crippen molar-refractivity contribution in [3.63, 3.8) is 0 Å². The normalized spacial score (nSPS) is 14.5. The molecule has 0 unspecified atom stereocenters. The molecule has 1 aromatic carbocycles. The molecular weight excluding hydrogens is 327 g/mol. The SMILES string of the molecule is COc1c(C)c2c(c(O)c1C/C=C(\C)CCP(C)(C)=O)C(=O)OC2. The molecule has 0 aliphatic carbocycles. The number of phenolic OH excluding ortho intramolecular Hbond substituents is 1. The number of fused-ring (bicyclic) bond motifs is 1. The first-order chi connectivity index (χ1) is 11.2. The van der Waals surface area contributed by atoms with E-state index in [0.29, 0.717) is 29.5 Å². The lowest BCUT2D eigenvalue weighted by molar-refractivity contribution is 0.0533. The van der Waals surface area contributed by atoms with Gasteiger partial charge in [0, 0.05) is 17.3 Å². The molecule has 0 bridgehead atoms. The Kier molecular flexibility index (Phi) is 5.44. The van der Waals surface area contributed by atoms with Gasteiger partial charge in [-0.2, -0.15) is 0 Å². The molecular formula is C18H25O5P. The number of aromatic hydroxyl groups is 1. The number of methoxy groups -OCH3 is 1. The number of hydrogen-bond donors (Lipinski definition) is 1. The van der Waals surface area contributed by atoms with Crippen LogP contribution in [0.3, 0.4) is 0 Å². The van der Waals surface area contributed by atoms with Crippen LogP contribution < -0.4 is 4.74 Å². The summed E-state index contributed by atoms with van der Waals surface area (Å²) in [5.74, 6) is 0.0361. The Balaban J connectivity index is 2.34. The maximum atomic E-state index is 11.9. The van der Waals surface area contributed by atoms with Gasteiger partial charge in [0.1, 0.15) is 23.7 Å². The Bertz CT molecular complexity index is 743. The van der Waals surface area contributed by atoms with Gasteiger partial charge in [-0.3, -0.25) is 0 Å². The predicted molar refractivity (Wildman–Crippen MR) is 94.9 cm³/mol. The maximum absolute atomic E-state index is 11.9. The number of benzene rings is 1. The third kappa shape index (κ3) is 3.84. The second-order valence-electron chi connectivity index (χ2n) is 6.72. The predicted octanol–water partition coefficient (Wildman–Crippen LogP) is 3.88. The van der Waals surface area contributed by atoms with Crippen LogP contribution in [-0.4, -0.2) is 37.7 Å². The monoisotopic (exact) mass is 352 g/mol. The fourth-order valence-corrected chi connectivity index (χ4v) is 3.74. The average Bonchev–Trinajstić information content (AvgIpc) is 2.89. The standard InChI is InChI=1S/C18H25O5P/c1-11(8-9-24(4,5)21)6-7-13-16(19)15-14(10-23-18(15)20)12(2)17(13)22-3/h6,19H,7-10H2,1-5H3/b11-6+. The van der Waals surface area contributed by atoms with E-state index in [1.165, 1.54) is 0 Å². The average molecular weight is 352 g/mol. The number of carbonyl (C=O) groups excluding carboxylic acids is 1. The molecule has 132 valence electrons. The summed E-state index contributed by atoms with van der Waals surface area (Å²) < 4.78 is 22.3. The summed E-state index contributed by atoms with van der Waals surface area (Å²) in [6, 6.07) is 0. The zero-order valence-electron chi connectivity index (χ0n) is 14.9. The van der Waals surface area contributed by atoms with Crippen molar-refractivity contribution in [2.75, 3.05) is 26.6 Å². The molecule has 6 heteroatoms. The number of esters is 1. The minimum absolute atomic E-state index is 0.0596. The molecule has 1 aromatic rings. The summed E-state index contributed by atoms with van der Waals surface area (Å²) in [6.07, 6.45) is 3.84. The summed E-state index contributed by atoms with van der Waals surface area (Å²) >= 11 is 0. The highest BCUT2D eigenvalue weighted by Crippen LogP contribution is 2.42. The van der Waals surface area contributed by atoms with E-state index < -0.39 is 13.1 Å². The first-order valence-corrected chi connectivity index (χ1v) is 10.7. The van der Waals surface area contributed by atoms with Gasteiger partial charge in [0.15, 0.2) is 0 Å². The molecule has 0 spiro atoms. The smallest absolute Gasteiger partial charge is 0.342 e. The fourth-order valence-electron chi connectivity index (χ4n) is 2.85. The number of hydrogen-bond acceptors (Lipinski definition) is 5. The topological polar surface area (TPSA) is 72.8 Å². The van der Waals surface area contributed by atoms with Crippen molar-refractivity contribution in [1.29, 1.82) is 0 Å². The molecule has 5 nitrogen and oxygen atoms in total. The van der Waals surface area contributed by atoms with Gasteiger partial charge in [0.05, 0.1) is 14.3 Å². The van der Waals surface area contributed by atoms with E-state index >= 15 is 0 Å². The largest absolute Gasteiger partial charge is 0.507 e. The lowest BCUT2D eigenvalue weighted by atomic mass is 9.95. The number of cyclic esters (lactones) is 1. The first kappa shape index (κ1) is 18.6. The van der Waals surface area contributed by atoms with Crippen LogP contribution in [0.25, 0.3) is 0 Å². The quantitative estimate of drug-likeness (QED) is 0.478. The second-order valence-corrected chi connectivity index (χ2v) is 10.3. The van der Waals surface area contributed by atoms with Crippen molar-refractivity contribution in [2.45, 2.75) is 33.3 Å². The molecule has 1 N–H and O–H groups in total. The summed E-state index contributed by atoms with van der Waals surface area (Å²) in [5, 5.41) is 10.5. The van der Waals surface area contributed by atoms with E-state index in [1.54, 1.807) is 20.4 Å². The van der Waals surface area contributed by atoms with Crippen molar-refractivity contribution in [3.8, 4) is 11.5 Å². The summed E-state index contributed by atoms with van der Waals surface area (Å²) in [4.78, 5) is 11.9. The van der Waals surface area contributed by atoms with E-state index in [0.717, 1.165) is 17.6 Å². The summed E-state index contributed by atoms with van der Waals surface area (Å²) in [6.45, 7) is 7.58. The maximum Gasteiger partial charge on any atom is 0.342 e. The van der Waals surface area contributed by atoms with E-state index in [2.05, 4.69) is 0 Å². The summed E-state index contributed by atoms with van der Waals surface area (Å²) in [5.41, 5.74) is 3.45. The minimum Gasteiger partial charge on any atom is -0.507 e. The molecule has 0 fully saturated rings. The van der Waals surface area contributed by atoms with Gasteiger partial charge >= 0.3 is 5.97 Å². The molecule has 0 radical (unpaired) electrons. The molecule has 0 saturated carbocycles. The fraction of sp³-hybridized carbons (Fsp3) is 0.500. The van der Waals surface area contributed by atoms with Crippen LogP contribution in [0.15, 0.2) is 11.6 Å². The van der Waals surface area contributed by atoms with E-state index in [-0.39, 0.29) is 17.9 Å². The first-order valence-electron chi connectivity index (χ1n) is 7.93. The Morgan fingerprint density at radius 3 is 2.67 bits per heavy atom. The van der Waals surface area contributed by atoms with Crippen LogP contribution in [0.5, 0.6) is 11.5 Å². The zero-order valence-corrected chi connectivity index (χ0v) is 15.8. The van der Waals surface area contributed by atoms with Crippen LogP contribution in [0.1, 0.15) is 40.4 Å². The van der Waals surface area contributed by atoms with Gasteiger partial charge in [-0.15, -0.1) is 0 Å². The molecule has 0 saturated heterocycles. The van der Waals surface area contributed by atoms with Crippen molar-refractivity contribution in [1.82, 2.24) is 0 Å². The van der Waals surface area contributed by atoms with E-state index in [1.807, 2.05) is 19.9 Å². The number of phenols is 1. The van der Waals surface area contributed by atoms with Crippen molar-refractivity contribution in [3.05, 3.63) is 33.9 Å². The van der Waals surface area contributed by atoms with Gasteiger partial charge < -0.3 is 19.1 Å². The van der Waals surface area contributed by atoms with Crippen LogP contribution in [0.2, 0.25) is 0 Å². The highest BCUT2D eigenvalue weighted by Gasteiger charge is 2.31. The Labute approximate surface area is 143 Å². The summed E-state index contributed by atoms with van der Waals surface area (Å²) in [7, 11) is -0.491. The zero-order chi connectivity index (χ0) is 18.1. The third-order valence-corrected chi connectivity index (χ3v) is 5.65. The number of ether oxygens (including phenoxy) is 2. The molecule has 1 aliphatic rings. The molecule has 0 aromatic heterocycles. The molecule has 24 heavy (non-hydrogen) atoms. The number of allylic oxidation sites excluding steroid dienone is 2. The molecule has 0 amide bonds. The van der Waals surface area contributed by atoms with E-state index in [9.17, 15) is 14.5 Å².